The topological polar surface area (TPSA) is 25.2 Å². The highest BCUT2D eigenvalue weighted by Gasteiger charge is 2.28. The van der Waals surface area contributed by atoms with Gasteiger partial charge in [-0.3, -0.25) is 0 Å². The summed E-state index contributed by atoms with van der Waals surface area (Å²) in [6.07, 6.45) is 5.61. The number of aromatic hydroxyl groups is 1. The SMILES string of the molecule is CCCCc1ccccc1-c1c2c(c(C)n1-c1ccc(O)cc1)CCc1ccccc1-2. The lowest BCUT2D eigenvalue weighted by Gasteiger charge is -2.20. The van der Waals surface area contributed by atoms with Crippen molar-refractivity contribution in [2.75, 3.05) is 0 Å². The quantitative estimate of drug-likeness (QED) is 0.370. The lowest BCUT2D eigenvalue weighted by atomic mass is 9.84. The second-order valence-electron chi connectivity index (χ2n) is 8.56. The number of hydrogen-bond acceptors (Lipinski definition) is 1. The Morgan fingerprint density at radius 2 is 1.55 bits per heavy atom. The number of aryl methyl sites for hydroxylation is 2. The fourth-order valence-electron chi connectivity index (χ4n) is 5.09. The molecule has 5 rings (SSSR count). The van der Waals surface area contributed by atoms with Gasteiger partial charge in [-0.25, -0.2) is 0 Å². The lowest BCUT2D eigenvalue weighted by Crippen LogP contribution is -2.03. The summed E-state index contributed by atoms with van der Waals surface area (Å²) in [5.41, 5.74) is 12.1. The van der Waals surface area contributed by atoms with E-state index in [4.69, 9.17) is 0 Å². The Hall–Kier alpha value is -3.26. The van der Waals surface area contributed by atoms with Gasteiger partial charge in [0.2, 0.25) is 0 Å². The molecular formula is C29H29NO. The van der Waals surface area contributed by atoms with Gasteiger partial charge in [0.1, 0.15) is 5.75 Å². The van der Waals surface area contributed by atoms with Crippen molar-refractivity contribution < 1.29 is 5.11 Å². The van der Waals surface area contributed by atoms with Crippen LogP contribution in [0, 0.1) is 6.92 Å². The minimum absolute atomic E-state index is 0.300. The van der Waals surface area contributed by atoms with Crippen LogP contribution in [0.1, 0.15) is 42.1 Å². The summed E-state index contributed by atoms with van der Waals surface area (Å²) in [5, 5.41) is 9.88. The number of nitrogens with zero attached hydrogens (tertiary/aromatic N) is 1. The number of unbranched alkanes of at least 4 members (excludes halogenated alkanes) is 1. The van der Waals surface area contributed by atoms with Crippen molar-refractivity contribution in [3.05, 3.63) is 95.2 Å². The van der Waals surface area contributed by atoms with Gasteiger partial charge in [-0.1, -0.05) is 61.9 Å². The van der Waals surface area contributed by atoms with E-state index >= 15 is 0 Å². The summed E-state index contributed by atoms with van der Waals surface area (Å²) in [7, 11) is 0. The van der Waals surface area contributed by atoms with Gasteiger partial charge in [0.05, 0.1) is 5.69 Å². The Kier molecular flexibility index (Phi) is 5.15. The first-order chi connectivity index (χ1) is 15.2. The van der Waals surface area contributed by atoms with E-state index in [1.165, 1.54) is 57.6 Å². The molecule has 0 spiro atoms. The molecule has 4 aromatic rings. The van der Waals surface area contributed by atoms with Gasteiger partial charge >= 0.3 is 0 Å². The normalized spacial score (nSPS) is 12.5. The number of fused-ring (bicyclic) bond motifs is 3. The standard InChI is InChI=1S/C29H29NO/c1-3-4-9-21-10-6-8-13-27(21)29-28-25(19-14-22-11-5-7-12-26(22)28)20(2)30(29)23-15-17-24(31)18-16-23/h5-8,10-13,15-18,31H,3-4,9,14,19H2,1-2H3. The van der Waals surface area contributed by atoms with Crippen molar-refractivity contribution in [1.82, 2.24) is 4.57 Å². The first kappa shape index (κ1) is 19.7. The largest absolute Gasteiger partial charge is 0.508 e. The maximum atomic E-state index is 9.88. The third-order valence-corrected chi connectivity index (χ3v) is 6.65. The van der Waals surface area contributed by atoms with E-state index in [0.717, 1.165) is 24.9 Å². The summed E-state index contributed by atoms with van der Waals surface area (Å²) in [5.74, 6) is 0.300. The molecule has 0 unspecified atom stereocenters. The zero-order chi connectivity index (χ0) is 21.4. The Morgan fingerprint density at radius 1 is 0.839 bits per heavy atom. The molecule has 2 heteroatoms. The van der Waals surface area contributed by atoms with Crippen molar-refractivity contribution in [2.45, 2.75) is 46.0 Å². The highest BCUT2D eigenvalue weighted by atomic mass is 16.3. The molecule has 1 heterocycles. The van der Waals surface area contributed by atoms with E-state index in [9.17, 15) is 5.11 Å². The van der Waals surface area contributed by atoms with Crippen LogP contribution in [-0.4, -0.2) is 9.67 Å². The van der Waals surface area contributed by atoms with Gasteiger partial charge in [-0.15, -0.1) is 0 Å². The predicted molar refractivity (Wildman–Crippen MR) is 129 cm³/mol. The van der Waals surface area contributed by atoms with E-state index in [1.807, 2.05) is 12.1 Å². The Labute approximate surface area is 184 Å². The molecular weight excluding hydrogens is 378 g/mol. The maximum Gasteiger partial charge on any atom is 0.115 e. The van der Waals surface area contributed by atoms with Gasteiger partial charge in [0, 0.05) is 22.5 Å². The first-order valence-electron chi connectivity index (χ1n) is 11.4. The summed E-state index contributed by atoms with van der Waals surface area (Å²) in [4.78, 5) is 0. The van der Waals surface area contributed by atoms with Crippen molar-refractivity contribution >= 4 is 0 Å². The minimum atomic E-state index is 0.300. The first-order valence-corrected chi connectivity index (χ1v) is 11.4. The van der Waals surface area contributed by atoms with Gasteiger partial charge in [0.15, 0.2) is 0 Å². The van der Waals surface area contributed by atoms with Crippen LogP contribution < -0.4 is 0 Å². The molecule has 156 valence electrons. The van der Waals surface area contributed by atoms with E-state index in [0.29, 0.717) is 5.75 Å². The van der Waals surface area contributed by atoms with Crippen molar-refractivity contribution in [2.24, 2.45) is 0 Å². The van der Waals surface area contributed by atoms with Crippen molar-refractivity contribution in [1.29, 1.82) is 0 Å². The number of benzene rings is 3. The third kappa shape index (κ3) is 3.37. The zero-order valence-corrected chi connectivity index (χ0v) is 18.4. The van der Waals surface area contributed by atoms with Gasteiger partial charge < -0.3 is 9.67 Å². The van der Waals surface area contributed by atoms with Crippen LogP contribution in [0.3, 0.4) is 0 Å². The molecule has 0 aliphatic heterocycles. The van der Waals surface area contributed by atoms with E-state index in [-0.39, 0.29) is 0 Å². The van der Waals surface area contributed by atoms with Gasteiger partial charge in [-0.05, 0) is 79.1 Å². The lowest BCUT2D eigenvalue weighted by molar-refractivity contribution is 0.475. The van der Waals surface area contributed by atoms with Gasteiger partial charge in [0.25, 0.3) is 0 Å². The van der Waals surface area contributed by atoms with E-state index in [2.05, 4.69) is 66.9 Å². The molecule has 1 aliphatic carbocycles. The smallest absolute Gasteiger partial charge is 0.115 e. The Morgan fingerprint density at radius 3 is 2.32 bits per heavy atom. The molecule has 0 atom stereocenters. The summed E-state index contributed by atoms with van der Waals surface area (Å²) in [6, 6.07) is 25.4. The zero-order valence-electron chi connectivity index (χ0n) is 18.4. The maximum absolute atomic E-state index is 9.88. The van der Waals surface area contributed by atoms with Crippen LogP contribution in [0.5, 0.6) is 5.75 Å². The molecule has 1 N–H and O–H groups in total. The summed E-state index contributed by atoms with van der Waals surface area (Å²) in [6.45, 7) is 4.50. The molecule has 0 fully saturated rings. The summed E-state index contributed by atoms with van der Waals surface area (Å²) < 4.78 is 2.41. The fourth-order valence-corrected chi connectivity index (χ4v) is 5.09. The Bertz CT molecular complexity index is 1230. The molecule has 0 bridgehead atoms. The van der Waals surface area contributed by atoms with Crippen LogP contribution in [0.2, 0.25) is 0 Å². The monoisotopic (exact) mass is 407 g/mol. The Balaban J connectivity index is 1.84. The van der Waals surface area contributed by atoms with E-state index < -0.39 is 0 Å². The number of phenols is 1. The highest BCUT2D eigenvalue weighted by molar-refractivity contribution is 5.90. The number of aromatic nitrogens is 1. The average molecular weight is 408 g/mol. The van der Waals surface area contributed by atoms with Gasteiger partial charge in [-0.2, -0.15) is 0 Å². The second-order valence-corrected chi connectivity index (χ2v) is 8.56. The molecule has 0 saturated heterocycles. The molecule has 0 radical (unpaired) electrons. The van der Waals surface area contributed by atoms with Crippen LogP contribution in [-0.2, 0) is 19.3 Å². The molecule has 1 aromatic heterocycles. The fraction of sp³-hybridized carbons (Fsp3) is 0.241. The molecule has 1 aliphatic rings. The predicted octanol–water partition coefficient (Wildman–Crippen LogP) is 7.27. The molecule has 0 saturated carbocycles. The molecule has 3 aromatic carbocycles. The highest BCUT2D eigenvalue weighted by Crippen LogP contribution is 2.46. The second kappa shape index (κ2) is 8.11. The van der Waals surface area contributed by atoms with Crippen molar-refractivity contribution in [3.63, 3.8) is 0 Å². The van der Waals surface area contributed by atoms with Crippen LogP contribution in [0.4, 0.5) is 0 Å². The van der Waals surface area contributed by atoms with Crippen LogP contribution in [0.15, 0.2) is 72.8 Å². The average Bonchev–Trinajstić information content (AvgIpc) is 3.11. The van der Waals surface area contributed by atoms with Crippen LogP contribution >= 0.6 is 0 Å². The van der Waals surface area contributed by atoms with E-state index in [1.54, 1.807) is 12.1 Å². The molecule has 0 amide bonds. The number of hydrogen-bond donors (Lipinski definition) is 1. The van der Waals surface area contributed by atoms with Crippen molar-refractivity contribution in [3.8, 4) is 33.8 Å². The van der Waals surface area contributed by atoms with Crippen LogP contribution in [0.25, 0.3) is 28.1 Å². The molecule has 2 nitrogen and oxygen atoms in total. The number of phenolic OH excluding ortho intramolecular Hbond substituents is 1. The number of rotatable bonds is 5. The molecule has 31 heavy (non-hydrogen) atoms. The summed E-state index contributed by atoms with van der Waals surface area (Å²) >= 11 is 0. The minimum Gasteiger partial charge on any atom is -0.508 e. The third-order valence-electron chi connectivity index (χ3n) is 6.65.